The second-order valence-electron chi connectivity index (χ2n) is 14.6. The molecule has 318 valence electrons. The number of ether oxygens (including phenoxy) is 8. The Hall–Kier alpha value is -5.77. The van der Waals surface area contributed by atoms with E-state index in [1.54, 1.807) is 97.9 Å². The molecule has 2 aliphatic heterocycles. The molecule has 0 saturated carbocycles. The van der Waals surface area contributed by atoms with Gasteiger partial charge in [-0.3, -0.25) is 4.84 Å². The Labute approximate surface area is 354 Å². The summed E-state index contributed by atoms with van der Waals surface area (Å²) in [4.78, 5) is 47.6. The van der Waals surface area contributed by atoms with Gasteiger partial charge in [0.15, 0.2) is 24.6 Å². The van der Waals surface area contributed by atoms with Crippen molar-refractivity contribution < 1.29 is 57.1 Å². The molecule has 7 rings (SSSR count). The maximum absolute atomic E-state index is 13.9. The molecule has 0 unspecified atom stereocenters. The summed E-state index contributed by atoms with van der Waals surface area (Å²) in [6.07, 6.45) is -9.47. The van der Waals surface area contributed by atoms with Crippen LogP contribution in [0, 0.1) is 0 Å². The second-order valence-corrected chi connectivity index (χ2v) is 14.6. The van der Waals surface area contributed by atoms with Crippen molar-refractivity contribution in [3.05, 3.63) is 179 Å². The van der Waals surface area contributed by atoms with Crippen LogP contribution in [0.15, 0.2) is 152 Å². The predicted octanol–water partition coefficient (Wildman–Crippen LogP) is 6.86. The van der Waals surface area contributed by atoms with Crippen LogP contribution in [-0.2, 0) is 55.9 Å². The molecule has 13 nitrogen and oxygen atoms in total. The second kappa shape index (κ2) is 21.2. The standard InChI is InChI=1S/C48H49NO12/c1-31-38(40(54-29-33-19-9-4-10-20-33)42(47(53-3)56-31)55-30-34-21-11-5-12-22-34)49-61-48-43(60-46(52)37-27-17-8-18-28-37)41(59-45(51)36-25-15-7-16-26-36)39(32(2)57-48)58-44(50)35-23-13-6-14-24-35/h4-28,31-32,38-43,47-49H,29-30H2,1-3H3/t31-,32+,38+,39+,40+,41-,42-,43-,47+,48+/m1/s1. The lowest BCUT2D eigenvalue weighted by atomic mass is 9.96. The Kier molecular flexibility index (Phi) is 15.0. The van der Waals surface area contributed by atoms with E-state index >= 15 is 0 Å². The quantitative estimate of drug-likeness (QED) is 0.0629. The van der Waals surface area contributed by atoms with Crippen molar-refractivity contribution in [3.8, 4) is 0 Å². The first-order valence-corrected chi connectivity index (χ1v) is 20.1. The lowest BCUT2D eigenvalue weighted by molar-refractivity contribution is -0.331. The van der Waals surface area contributed by atoms with Crippen molar-refractivity contribution in [1.82, 2.24) is 5.48 Å². The molecule has 0 aromatic heterocycles. The summed E-state index contributed by atoms with van der Waals surface area (Å²) in [5, 5.41) is 0. The third-order valence-electron chi connectivity index (χ3n) is 10.4. The first-order valence-electron chi connectivity index (χ1n) is 20.1. The number of hydrogen-bond acceptors (Lipinski definition) is 13. The molecule has 13 heteroatoms. The molecule has 61 heavy (non-hydrogen) atoms. The van der Waals surface area contributed by atoms with Gasteiger partial charge in [-0.1, -0.05) is 115 Å². The highest BCUT2D eigenvalue weighted by Crippen LogP contribution is 2.33. The molecule has 0 radical (unpaired) electrons. The number of carbonyl (C=O) groups is 3. The van der Waals surface area contributed by atoms with E-state index in [1.165, 1.54) is 7.11 Å². The summed E-state index contributed by atoms with van der Waals surface area (Å²) < 4.78 is 50.0. The van der Waals surface area contributed by atoms with Gasteiger partial charge in [-0.05, 0) is 61.4 Å². The molecule has 2 heterocycles. The number of nitrogens with one attached hydrogen (secondary N) is 1. The molecule has 5 aromatic rings. The molecule has 2 fully saturated rings. The van der Waals surface area contributed by atoms with Crippen molar-refractivity contribution in [3.63, 3.8) is 0 Å². The Bertz CT molecular complexity index is 2130. The summed E-state index contributed by atoms with van der Waals surface area (Å²) in [5.41, 5.74) is 5.65. The number of rotatable bonds is 16. The Morgan fingerprint density at radius 3 is 1.33 bits per heavy atom. The van der Waals surface area contributed by atoms with Crippen LogP contribution in [0.5, 0.6) is 0 Å². The van der Waals surface area contributed by atoms with Crippen LogP contribution in [0.4, 0.5) is 0 Å². The van der Waals surface area contributed by atoms with Gasteiger partial charge in [0, 0.05) is 7.11 Å². The van der Waals surface area contributed by atoms with Crippen molar-refractivity contribution in [2.45, 2.75) is 88.4 Å². The van der Waals surface area contributed by atoms with Gasteiger partial charge in [0.1, 0.15) is 12.2 Å². The molecule has 2 saturated heterocycles. The summed E-state index contributed by atoms with van der Waals surface area (Å²) >= 11 is 0. The highest BCUT2D eigenvalue weighted by molar-refractivity contribution is 5.91. The largest absolute Gasteiger partial charge is 0.452 e. The van der Waals surface area contributed by atoms with Crippen molar-refractivity contribution in [1.29, 1.82) is 0 Å². The number of hydrogen-bond donors (Lipinski definition) is 1. The minimum Gasteiger partial charge on any atom is -0.452 e. The maximum atomic E-state index is 13.9. The van der Waals surface area contributed by atoms with Gasteiger partial charge in [0.25, 0.3) is 0 Å². The van der Waals surface area contributed by atoms with Gasteiger partial charge in [-0.2, -0.15) is 5.48 Å². The number of hydroxylamine groups is 1. The van der Waals surface area contributed by atoms with Crippen LogP contribution in [0.25, 0.3) is 0 Å². The van der Waals surface area contributed by atoms with E-state index in [0.29, 0.717) is 0 Å². The van der Waals surface area contributed by atoms with Gasteiger partial charge in [0.05, 0.1) is 48.2 Å². The smallest absolute Gasteiger partial charge is 0.338 e. The van der Waals surface area contributed by atoms with Crippen LogP contribution < -0.4 is 5.48 Å². The van der Waals surface area contributed by atoms with E-state index in [0.717, 1.165) is 11.1 Å². The fourth-order valence-corrected chi connectivity index (χ4v) is 7.19. The van der Waals surface area contributed by atoms with Gasteiger partial charge in [0.2, 0.25) is 6.29 Å². The summed E-state index contributed by atoms with van der Waals surface area (Å²) in [5.74, 6) is -2.21. The SMILES string of the molecule is CO[C@H]1O[C@H](C)[C@H](NO[C@@H]2O[C@@H](C)[C@H](OC(=O)c3ccccc3)[C@@H](OC(=O)c3ccccc3)[C@H]2OC(=O)c2ccccc2)[C@H](OCc2ccccc2)[C@H]1OCc1ccccc1. The van der Waals surface area contributed by atoms with E-state index in [9.17, 15) is 14.4 Å². The molecule has 0 spiro atoms. The fourth-order valence-electron chi connectivity index (χ4n) is 7.19. The highest BCUT2D eigenvalue weighted by Gasteiger charge is 2.53. The summed E-state index contributed by atoms with van der Waals surface area (Å²) in [7, 11) is 1.54. The van der Waals surface area contributed by atoms with E-state index < -0.39 is 79.3 Å². The Morgan fingerprint density at radius 1 is 0.475 bits per heavy atom. The maximum Gasteiger partial charge on any atom is 0.338 e. The Balaban J connectivity index is 1.20. The van der Waals surface area contributed by atoms with Gasteiger partial charge in [-0.15, -0.1) is 0 Å². The molecular formula is C48H49NO12. The topological polar surface area (TPSA) is 146 Å². The fraction of sp³-hybridized carbons (Fsp3) is 0.312. The molecule has 0 bridgehead atoms. The molecule has 5 aromatic carbocycles. The first-order chi connectivity index (χ1) is 29.8. The highest BCUT2D eigenvalue weighted by atomic mass is 16.8. The number of benzene rings is 5. The molecule has 10 atom stereocenters. The predicted molar refractivity (Wildman–Crippen MR) is 221 cm³/mol. The number of methoxy groups -OCH3 is 1. The number of carbonyl (C=O) groups excluding carboxylic acids is 3. The van der Waals surface area contributed by atoms with Crippen LogP contribution in [-0.4, -0.2) is 86.4 Å². The van der Waals surface area contributed by atoms with Crippen LogP contribution >= 0.6 is 0 Å². The molecular weight excluding hydrogens is 783 g/mol. The Morgan fingerprint density at radius 2 is 0.869 bits per heavy atom. The molecule has 0 aliphatic carbocycles. The average Bonchev–Trinajstić information content (AvgIpc) is 3.30. The summed E-state index contributed by atoms with van der Waals surface area (Å²) in [6, 6.07) is 43.6. The van der Waals surface area contributed by atoms with Gasteiger partial charge in [-0.25, -0.2) is 14.4 Å². The van der Waals surface area contributed by atoms with Crippen LogP contribution in [0.1, 0.15) is 56.0 Å². The van der Waals surface area contributed by atoms with Crippen LogP contribution in [0.3, 0.4) is 0 Å². The lowest BCUT2D eigenvalue weighted by Crippen LogP contribution is -2.66. The zero-order valence-corrected chi connectivity index (χ0v) is 34.0. The normalized spacial score (nSPS) is 26.1. The van der Waals surface area contributed by atoms with Gasteiger partial charge < -0.3 is 37.9 Å². The molecule has 1 N–H and O–H groups in total. The van der Waals surface area contributed by atoms with E-state index in [4.69, 9.17) is 42.7 Å². The minimum atomic E-state index is -1.49. The van der Waals surface area contributed by atoms with Crippen molar-refractivity contribution in [2.24, 2.45) is 0 Å². The molecule has 0 amide bonds. The zero-order valence-electron chi connectivity index (χ0n) is 34.0. The monoisotopic (exact) mass is 831 g/mol. The first kappa shape index (κ1) is 43.3. The lowest BCUT2D eigenvalue weighted by Gasteiger charge is -2.46. The summed E-state index contributed by atoms with van der Waals surface area (Å²) in [6.45, 7) is 3.94. The zero-order chi connectivity index (χ0) is 42.6. The minimum absolute atomic E-state index is 0.214. The van der Waals surface area contributed by atoms with E-state index in [-0.39, 0.29) is 29.9 Å². The van der Waals surface area contributed by atoms with Crippen molar-refractivity contribution >= 4 is 17.9 Å². The van der Waals surface area contributed by atoms with Crippen LogP contribution in [0.2, 0.25) is 0 Å². The number of esters is 3. The third-order valence-corrected chi connectivity index (χ3v) is 10.4. The molecule has 2 aliphatic rings. The average molecular weight is 832 g/mol. The van der Waals surface area contributed by atoms with E-state index in [1.807, 2.05) is 67.6 Å². The third kappa shape index (κ3) is 11.1. The van der Waals surface area contributed by atoms with Crippen molar-refractivity contribution in [2.75, 3.05) is 7.11 Å². The van der Waals surface area contributed by atoms with Gasteiger partial charge >= 0.3 is 17.9 Å². The van der Waals surface area contributed by atoms with E-state index in [2.05, 4.69) is 5.48 Å².